The molecule has 1 aromatic carbocycles. The lowest BCUT2D eigenvalue weighted by Gasteiger charge is -2.19. The van der Waals surface area contributed by atoms with Gasteiger partial charge in [-0.15, -0.1) is 0 Å². The molecule has 0 radical (unpaired) electrons. The first-order chi connectivity index (χ1) is 11.1. The predicted molar refractivity (Wildman–Crippen MR) is 98.6 cm³/mol. The fraction of sp³-hybridized carbons (Fsp3) is 0.421. The van der Waals surface area contributed by atoms with Gasteiger partial charge in [0.2, 0.25) is 0 Å². The van der Waals surface area contributed by atoms with E-state index in [0.717, 1.165) is 5.69 Å². The maximum absolute atomic E-state index is 12.5. The van der Waals surface area contributed by atoms with Crippen molar-refractivity contribution in [3.8, 4) is 0 Å². The summed E-state index contributed by atoms with van der Waals surface area (Å²) in [5.41, 5.74) is 2.42. The largest absolute Gasteiger partial charge is 0.368 e. The van der Waals surface area contributed by atoms with Crippen LogP contribution in [0.2, 0.25) is 0 Å². The second-order valence-electron chi connectivity index (χ2n) is 7.27. The average molecular weight is 326 g/mol. The standard InChI is InChI=1S/C19H26N4O/c1-12(2)20-17-11-16(21-13(3)22-17)18(24)23-15-9-7-14(8-10-15)19(4,5)6/h7-12H,1-6H3,(H,23,24)(H,20,21,22). The molecule has 1 amide bonds. The number of rotatable bonds is 4. The monoisotopic (exact) mass is 326 g/mol. The highest BCUT2D eigenvalue weighted by Crippen LogP contribution is 2.23. The molecule has 2 aromatic rings. The van der Waals surface area contributed by atoms with Crippen LogP contribution in [0.5, 0.6) is 0 Å². The van der Waals surface area contributed by atoms with E-state index in [0.29, 0.717) is 17.3 Å². The SMILES string of the molecule is Cc1nc(NC(C)C)cc(C(=O)Nc2ccc(C(C)(C)C)cc2)n1. The predicted octanol–water partition coefficient (Wildman–Crippen LogP) is 4.16. The molecule has 5 heteroatoms. The van der Waals surface area contributed by atoms with Gasteiger partial charge < -0.3 is 10.6 Å². The van der Waals surface area contributed by atoms with E-state index in [9.17, 15) is 4.79 Å². The van der Waals surface area contributed by atoms with Crippen molar-refractivity contribution in [1.29, 1.82) is 0 Å². The number of aromatic nitrogens is 2. The van der Waals surface area contributed by atoms with Crippen LogP contribution >= 0.6 is 0 Å². The molecule has 1 heterocycles. The Kier molecular flexibility index (Phi) is 5.22. The highest BCUT2D eigenvalue weighted by atomic mass is 16.1. The van der Waals surface area contributed by atoms with Gasteiger partial charge in [0.1, 0.15) is 17.3 Å². The summed E-state index contributed by atoms with van der Waals surface area (Å²) in [5, 5.41) is 6.09. The Morgan fingerprint density at radius 3 is 2.25 bits per heavy atom. The molecule has 0 bridgehead atoms. The quantitative estimate of drug-likeness (QED) is 0.885. The van der Waals surface area contributed by atoms with Gasteiger partial charge in [-0.2, -0.15) is 0 Å². The summed E-state index contributed by atoms with van der Waals surface area (Å²) in [6, 6.07) is 9.81. The molecule has 0 spiro atoms. The van der Waals surface area contributed by atoms with Crippen LogP contribution in [0.3, 0.4) is 0 Å². The molecule has 1 aromatic heterocycles. The molecule has 0 aliphatic rings. The molecule has 5 nitrogen and oxygen atoms in total. The summed E-state index contributed by atoms with van der Waals surface area (Å²) < 4.78 is 0. The number of carbonyl (C=O) groups excluding carboxylic acids is 1. The Morgan fingerprint density at radius 1 is 1.08 bits per heavy atom. The number of hydrogen-bond donors (Lipinski definition) is 2. The number of aryl methyl sites for hydroxylation is 1. The molecular weight excluding hydrogens is 300 g/mol. The minimum atomic E-state index is -0.240. The van der Waals surface area contributed by atoms with Crippen molar-refractivity contribution in [3.63, 3.8) is 0 Å². The van der Waals surface area contributed by atoms with E-state index in [1.807, 2.05) is 38.1 Å². The molecule has 2 N–H and O–H groups in total. The molecule has 0 unspecified atom stereocenters. The van der Waals surface area contributed by atoms with Gasteiger partial charge >= 0.3 is 0 Å². The lowest BCUT2D eigenvalue weighted by atomic mass is 9.87. The maximum Gasteiger partial charge on any atom is 0.274 e. The van der Waals surface area contributed by atoms with E-state index >= 15 is 0 Å². The van der Waals surface area contributed by atoms with Crippen LogP contribution in [0.25, 0.3) is 0 Å². The first kappa shape index (κ1) is 17.9. The van der Waals surface area contributed by atoms with Gasteiger partial charge in [-0.1, -0.05) is 32.9 Å². The normalized spacial score (nSPS) is 11.5. The second kappa shape index (κ2) is 6.99. The van der Waals surface area contributed by atoms with Gasteiger partial charge in [-0.3, -0.25) is 4.79 Å². The van der Waals surface area contributed by atoms with E-state index in [-0.39, 0.29) is 17.4 Å². The molecule has 0 atom stereocenters. The third kappa shape index (κ3) is 4.78. The fourth-order valence-electron chi connectivity index (χ4n) is 2.30. The molecule has 0 saturated carbocycles. The van der Waals surface area contributed by atoms with Crippen molar-refractivity contribution in [2.75, 3.05) is 10.6 Å². The zero-order valence-electron chi connectivity index (χ0n) is 15.3. The van der Waals surface area contributed by atoms with Crippen LogP contribution in [0.1, 0.15) is 56.5 Å². The number of benzene rings is 1. The minimum absolute atomic E-state index is 0.0870. The molecule has 0 fully saturated rings. The van der Waals surface area contributed by atoms with Crippen LogP contribution in [-0.2, 0) is 5.41 Å². The molecule has 2 rings (SSSR count). The van der Waals surface area contributed by atoms with Gasteiger partial charge in [0.05, 0.1) is 0 Å². The lowest BCUT2D eigenvalue weighted by molar-refractivity contribution is 0.102. The molecule has 24 heavy (non-hydrogen) atoms. The number of amides is 1. The molecule has 0 aliphatic heterocycles. The van der Waals surface area contributed by atoms with Crippen LogP contribution < -0.4 is 10.6 Å². The van der Waals surface area contributed by atoms with Crippen molar-refractivity contribution in [3.05, 3.63) is 47.4 Å². The van der Waals surface area contributed by atoms with Crippen molar-refractivity contribution >= 4 is 17.4 Å². The second-order valence-corrected chi connectivity index (χ2v) is 7.27. The van der Waals surface area contributed by atoms with Crippen molar-refractivity contribution in [2.45, 2.75) is 53.0 Å². The van der Waals surface area contributed by atoms with E-state index in [4.69, 9.17) is 0 Å². The molecule has 0 saturated heterocycles. The number of carbonyl (C=O) groups is 1. The zero-order valence-corrected chi connectivity index (χ0v) is 15.3. The van der Waals surface area contributed by atoms with Gasteiger partial charge in [0.15, 0.2) is 0 Å². The Morgan fingerprint density at radius 2 is 1.71 bits per heavy atom. The molecular formula is C19H26N4O. The Labute approximate surface area is 143 Å². The van der Waals surface area contributed by atoms with Gasteiger partial charge in [0.25, 0.3) is 5.91 Å². The molecule has 0 aliphatic carbocycles. The topological polar surface area (TPSA) is 66.9 Å². The smallest absolute Gasteiger partial charge is 0.274 e. The van der Waals surface area contributed by atoms with Crippen molar-refractivity contribution in [2.24, 2.45) is 0 Å². The minimum Gasteiger partial charge on any atom is -0.368 e. The Balaban J connectivity index is 2.16. The Bertz CT molecular complexity index is 715. The lowest BCUT2D eigenvalue weighted by Crippen LogP contribution is -2.18. The summed E-state index contributed by atoms with van der Waals surface area (Å²) in [6.45, 7) is 12.3. The van der Waals surface area contributed by atoms with Crippen LogP contribution in [0.4, 0.5) is 11.5 Å². The number of nitrogens with zero attached hydrogens (tertiary/aromatic N) is 2. The highest BCUT2D eigenvalue weighted by molar-refractivity contribution is 6.03. The maximum atomic E-state index is 12.5. The van der Waals surface area contributed by atoms with Gasteiger partial charge in [-0.05, 0) is 43.9 Å². The highest BCUT2D eigenvalue weighted by Gasteiger charge is 2.14. The van der Waals surface area contributed by atoms with Gasteiger partial charge in [0, 0.05) is 17.8 Å². The number of nitrogens with one attached hydrogen (secondary N) is 2. The fourth-order valence-corrected chi connectivity index (χ4v) is 2.30. The average Bonchev–Trinajstić information content (AvgIpc) is 2.45. The van der Waals surface area contributed by atoms with Crippen molar-refractivity contribution in [1.82, 2.24) is 9.97 Å². The van der Waals surface area contributed by atoms with E-state index in [1.165, 1.54) is 5.56 Å². The Hall–Kier alpha value is -2.43. The third-order valence-electron chi connectivity index (χ3n) is 3.52. The van der Waals surface area contributed by atoms with E-state index in [2.05, 4.69) is 41.4 Å². The summed E-state index contributed by atoms with van der Waals surface area (Å²) in [5.74, 6) is 0.982. The summed E-state index contributed by atoms with van der Waals surface area (Å²) in [6.07, 6.45) is 0. The van der Waals surface area contributed by atoms with Crippen LogP contribution in [0.15, 0.2) is 30.3 Å². The van der Waals surface area contributed by atoms with E-state index in [1.54, 1.807) is 13.0 Å². The first-order valence-electron chi connectivity index (χ1n) is 8.19. The van der Waals surface area contributed by atoms with Crippen LogP contribution in [0, 0.1) is 6.92 Å². The summed E-state index contributed by atoms with van der Waals surface area (Å²) in [4.78, 5) is 21.0. The van der Waals surface area contributed by atoms with Crippen molar-refractivity contribution < 1.29 is 4.79 Å². The van der Waals surface area contributed by atoms with Gasteiger partial charge in [-0.25, -0.2) is 9.97 Å². The summed E-state index contributed by atoms with van der Waals surface area (Å²) >= 11 is 0. The molecule has 128 valence electrons. The summed E-state index contributed by atoms with van der Waals surface area (Å²) in [7, 11) is 0. The number of hydrogen-bond acceptors (Lipinski definition) is 4. The van der Waals surface area contributed by atoms with E-state index < -0.39 is 0 Å². The zero-order chi connectivity index (χ0) is 17.9. The third-order valence-corrected chi connectivity index (χ3v) is 3.52. The first-order valence-corrected chi connectivity index (χ1v) is 8.19. The number of anilines is 2. The van der Waals surface area contributed by atoms with Crippen LogP contribution in [-0.4, -0.2) is 21.9 Å².